The summed E-state index contributed by atoms with van der Waals surface area (Å²) in [6, 6.07) is 7.43. The van der Waals surface area contributed by atoms with Crippen molar-refractivity contribution in [1.29, 1.82) is 0 Å². The Morgan fingerprint density at radius 2 is 1.95 bits per heavy atom. The van der Waals surface area contributed by atoms with E-state index in [1.165, 1.54) is 24.8 Å². The van der Waals surface area contributed by atoms with Crippen LogP contribution in [0.1, 0.15) is 57.2 Å². The fourth-order valence-corrected chi connectivity index (χ4v) is 3.34. The molecule has 1 N–H and O–H groups in total. The maximum absolute atomic E-state index is 5.99. The first-order valence-corrected chi connectivity index (χ1v) is 8.54. The topological polar surface area (TPSA) is 21.3 Å². The van der Waals surface area contributed by atoms with Crippen molar-refractivity contribution in [2.24, 2.45) is 0 Å². The van der Waals surface area contributed by atoms with E-state index in [4.69, 9.17) is 4.74 Å². The van der Waals surface area contributed by atoms with Gasteiger partial charge in [0.05, 0.1) is 5.60 Å². The monoisotopic (exact) mass is 289 g/mol. The standard InChI is InChI=1S/C19H31NO/c1-5-12-20-18(19(3,4)21-6-2)14-15-10-11-16-8-7-9-17(16)13-15/h10-11,13,18,20H,5-9,12,14H2,1-4H3. The van der Waals surface area contributed by atoms with Crippen molar-refractivity contribution in [3.63, 3.8) is 0 Å². The van der Waals surface area contributed by atoms with Crippen molar-refractivity contribution < 1.29 is 4.74 Å². The van der Waals surface area contributed by atoms with Gasteiger partial charge < -0.3 is 10.1 Å². The SMILES string of the molecule is CCCNC(Cc1ccc2c(c1)CCC2)C(C)(C)OCC. The highest BCUT2D eigenvalue weighted by Crippen LogP contribution is 2.25. The molecule has 0 aromatic heterocycles. The maximum atomic E-state index is 5.99. The molecule has 1 atom stereocenters. The van der Waals surface area contributed by atoms with E-state index in [0.717, 1.165) is 26.0 Å². The van der Waals surface area contributed by atoms with Gasteiger partial charge in [0.25, 0.3) is 0 Å². The van der Waals surface area contributed by atoms with Gasteiger partial charge in [-0.2, -0.15) is 0 Å². The number of aryl methyl sites for hydroxylation is 2. The van der Waals surface area contributed by atoms with Crippen molar-refractivity contribution in [2.75, 3.05) is 13.2 Å². The first-order chi connectivity index (χ1) is 10.1. The second-order valence-electron chi connectivity index (χ2n) is 6.70. The predicted molar refractivity (Wildman–Crippen MR) is 90.0 cm³/mol. The molecule has 0 heterocycles. The van der Waals surface area contributed by atoms with Crippen LogP contribution in [0, 0.1) is 0 Å². The molecule has 0 bridgehead atoms. The van der Waals surface area contributed by atoms with E-state index in [9.17, 15) is 0 Å². The molecule has 0 saturated heterocycles. The van der Waals surface area contributed by atoms with E-state index in [1.807, 2.05) is 0 Å². The molecule has 0 aliphatic heterocycles. The second kappa shape index (κ2) is 7.42. The van der Waals surface area contributed by atoms with Gasteiger partial charge in [-0.15, -0.1) is 0 Å². The molecule has 1 aliphatic rings. The van der Waals surface area contributed by atoms with Crippen LogP contribution in [0.5, 0.6) is 0 Å². The van der Waals surface area contributed by atoms with Crippen LogP contribution < -0.4 is 5.32 Å². The summed E-state index contributed by atoms with van der Waals surface area (Å²) in [6.45, 7) is 10.5. The molecule has 1 aromatic rings. The molecule has 1 unspecified atom stereocenters. The lowest BCUT2D eigenvalue weighted by Crippen LogP contribution is -2.50. The largest absolute Gasteiger partial charge is 0.374 e. The number of rotatable bonds is 8. The molecule has 0 amide bonds. The average molecular weight is 289 g/mol. The average Bonchev–Trinajstić information content (AvgIpc) is 2.90. The summed E-state index contributed by atoms with van der Waals surface area (Å²) in [4.78, 5) is 0. The van der Waals surface area contributed by atoms with Gasteiger partial charge in [-0.3, -0.25) is 0 Å². The number of nitrogens with one attached hydrogen (secondary N) is 1. The quantitative estimate of drug-likeness (QED) is 0.783. The van der Waals surface area contributed by atoms with Crippen molar-refractivity contribution in [2.45, 2.75) is 71.4 Å². The Balaban J connectivity index is 2.10. The van der Waals surface area contributed by atoms with Crippen LogP contribution >= 0.6 is 0 Å². The zero-order chi connectivity index (χ0) is 15.3. The normalized spacial score (nSPS) is 16.0. The summed E-state index contributed by atoms with van der Waals surface area (Å²) in [6.07, 6.45) is 6.03. The van der Waals surface area contributed by atoms with Crippen molar-refractivity contribution in [3.05, 3.63) is 34.9 Å². The minimum atomic E-state index is -0.136. The van der Waals surface area contributed by atoms with Crippen LogP contribution in [0.3, 0.4) is 0 Å². The zero-order valence-corrected chi connectivity index (χ0v) is 14.2. The number of hydrogen-bond acceptors (Lipinski definition) is 2. The number of ether oxygens (including phenoxy) is 1. The third-order valence-electron chi connectivity index (χ3n) is 4.60. The number of hydrogen-bond donors (Lipinski definition) is 1. The van der Waals surface area contributed by atoms with Crippen LogP contribution in [0.2, 0.25) is 0 Å². The van der Waals surface area contributed by atoms with Crippen LogP contribution in [-0.2, 0) is 24.0 Å². The van der Waals surface area contributed by atoms with Gasteiger partial charge in [0.1, 0.15) is 0 Å². The molecule has 0 saturated carbocycles. The fourth-order valence-electron chi connectivity index (χ4n) is 3.34. The van der Waals surface area contributed by atoms with E-state index in [0.29, 0.717) is 6.04 Å². The summed E-state index contributed by atoms with van der Waals surface area (Å²) >= 11 is 0. The van der Waals surface area contributed by atoms with Crippen LogP contribution in [0.4, 0.5) is 0 Å². The van der Waals surface area contributed by atoms with Gasteiger partial charge in [0.2, 0.25) is 0 Å². The van der Waals surface area contributed by atoms with E-state index in [1.54, 1.807) is 11.1 Å². The molecule has 0 radical (unpaired) electrons. The summed E-state index contributed by atoms with van der Waals surface area (Å²) < 4.78 is 5.99. The maximum Gasteiger partial charge on any atom is 0.0781 e. The summed E-state index contributed by atoms with van der Waals surface area (Å²) in [5.41, 5.74) is 4.43. The summed E-state index contributed by atoms with van der Waals surface area (Å²) in [7, 11) is 0. The van der Waals surface area contributed by atoms with Crippen molar-refractivity contribution >= 4 is 0 Å². The molecule has 1 aliphatic carbocycles. The van der Waals surface area contributed by atoms with Crippen LogP contribution in [0.25, 0.3) is 0 Å². The Hall–Kier alpha value is -0.860. The summed E-state index contributed by atoms with van der Waals surface area (Å²) in [5.74, 6) is 0. The minimum absolute atomic E-state index is 0.136. The first kappa shape index (κ1) is 16.5. The molecule has 1 aromatic carbocycles. The summed E-state index contributed by atoms with van der Waals surface area (Å²) in [5, 5.41) is 3.69. The second-order valence-corrected chi connectivity index (χ2v) is 6.70. The Bertz CT molecular complexity index is 453. The molecule has 0 fully saturated rings. The number of fused-ring (bicyclic) bond motifs is 1. The van der Waals surface area contributed by atoms with E-state index < -0.39 is 0 Å². The smallest absolute Gasteiger partial charge is 0.0781 e. The van der Waals surface area contributed by atoms with E-state index >= 15 is 0 Å². The van der Waals surface area contributed by atoms with Gasteiger partial charge in [0.15, 0.2) is 0 Å². The Kier molecular flexibility index (Phi) is 5.83. The van der Waals surface area contributed by atoms with Crippen LogP contribution in [-0.4, -0.2) is 24.8 Å². The first-order valence-electron chi connectivity index (χ1n) is 8.54. The highest BCUT2D eigenvalue weighted by Gasteiger charge is 2.29. The third-order valence-corrected chi connectivity index (χ3v) is 4.60. The highest BCUT2D eigenvalue weighted by atomic mass is 16.5. The third kappa shape index (κ3) is 4.31. The fraction of sp³-hybridized carbons (Fsp3) is 0.684. The van der Waals surface area contributed by atoms with Crippen LogP contribution in [0.15, 0.2) is 18.2 Å². The van der Waals surface area contributed by atoms with E-state index in [2.05, 4.69) is 51.2 Å². The van der Waals surface area contributed by atoms with Gasteiger partial charge in [-0.05, 0) is 76.1 Å². The Morgan fingerprint density at radius 3 is 2.67 bits per heavy atom. The molecule has 118 valence electrons. The Labute approximate surface area is 130 Å². The van der Waals surface area contributed by atoms with Gasteiger partial charge in [-0.25, -0.2) is 0 Å². The van der Waals surface area contributed by atoms with Crippen molar-refractivity contribution in [1.82, 2.24) is 5.32 Å². The molecule has 2 rings (SSSR count). The van der Waals surface area contributed by atoms with Crippen molar-refractivity contribution in [3.8, 4) is 0 Å². The lowest BCUT2D eigenvalue weighted by atomic mass is 9.91. The molecule has 2 heteroatoms. The lowest BCUT2D eigenvalue weighted by molar-refractivity contribution is -0.0379. The van der Waals surface area contributed by atoms with Gasteiger partial charge in [-0.1, -0.05) is 25.1 Å². The number of benzene rings is 1. The predicted octanol–water partition coefficient (Wildman–Crippen LogP) is 3.90. The molecular weight excluding hydrogens is 258 g/mol. The van der Waals surface area contributed by atoms with Gasteiger partial charge >= 0.3 is 0 Å². The zero-order valence-electron chi connectivity index (χ0n) is 14.2. The Morgan fingerprint density at radius 1 is 1.19 bits per heavy atom. The van der Waals surface area contributed by atoms with Gasteiger partial charge in [0, 0.05) is 12.6 Å². The van der Waals surface area contributed by atoms with E-state index in [-0.39, 0.29) is 5.60 Å². The molecule has 21 heavy (non-hydrogen) atoms. The molecule has 2 nitrogen and oxygen atoms in total. The molecule has 0 spiro atoms. The minimum Gasteiger partial charge on any atom is -0.374 e. The molecular formula is C19H31NO. The lowest BCUT2D eigenvalue weighted by Gasteiger charge is -2.35. The highest BCUT2D eigenvalue weighted by molar-refractivity contribution is 5.35.